The lowest BCUT2D eigenvalue weighted by atomic mass is 10.1. The summed E-state index contributed by atoms with van der Waals surface area (Å²) in [5.74, 6) is 1.62. The van der Waals surface area contributed by atoms with Crippen molar-refractivity contribution in [3.63, 3.8) is 0 Å². The molecule has 9 nitrogen and oxygen atoms in total. The molecule has 0 fully saturated rings. The molecule has 0 unspecified atom stereocenters. The van der Waals surface area contributed by atoms with Crippen LogP contribution in [0.15, 0.2) is 91.6 Å². The van der Waals surface area contributed by atoms with Crippen molar-refractivity contribution in [2.75, 3.05) is 25.0 Å². The minimum Gasteiger partial charge on any atom is -0.475 e. The molecule has 0 saturated carbocycles. The number of nitrogens with one attached hydrogen (secondary N) is 3. The van der Waals surface area contributed by atoms with E-state index in [0.29, 0.717) is 76.7 Å². The van der Waals surface area contributed by atoms with Gasteiger partial charge in [-0.1, -0.05) is 65.7 Å². The number of imidazole rings is 1. The van der Waals surface area contributed by atoms with Gasteiger partial charge in [0, 0.05) is 30.0 Å². The van der Waals surface area contributed by atoms with Gasteiger partial charge in [0.15, 0.2) is 5.88 Å². The van der Waals surface area contributed by atoms with Crippen LogP contribution in [0.25, 0.3) is 21.9 Å². The van der Waals surface area contributed by atoms with Crippen molar-refractivity contribution in [3.05, 3.63) is 119 Å². The lowest BCUT2D eigenvalue weighted by Gasteiger charge is -2.20. The number of aromatic amines is 1. The molecule has 0 spiro atoms. The molecular weight excluding hydrogens is 585 g/mol. The van der Waals surface area contributed by atoms with Gasteiger partial charge in [-0.05, 0) is 48.9 Å². The molecule has 43 heavy (non-hydrogen) atoms. The van der Waals surface area contributed by atoms with Crippen molar-refractivity contribution in [3.8, 4) is 0 Å². The molecule has 0 bridgehead atoms. The minimum absolute atomic E-state index is 0.135. The summed E-state index contributed by atoms with van der Waals surface area (Å²) in [5.41, 5.74) is 3.69. The Hall–Kier alpha value is -4.60. The molecule has 5 aromatic rings. The number of halogens is 2. The van der Waals surface area contributed by atoms with Gasteiger partial charge in [-0.25, -0.2) is 15.0 Å². The molecule has 1 aliphatic rings. The van der Waals surface area contributed by atoms with Gasteiger partial charge in [0.2, 0.25) is 0 Å². The summed E-state index contributed by atoms with van der Waals surface area (Å²) >= 11 is 12.9. The van der Waals surface area contributed by atoms with E-state index in [9.17, 15) is 4.79 Å². The van der Waals surface area contributed by atoms with E-state index in [1.165, 1.54) is 6.33 Å². The number of ether oxygens (including phenoxy) is 1. The molecule has 3 aromatic carbocycles. The quantitative estimate of drug-likeness (QED) is 0.113. The maximum absolute atomic E-state index is 13.1. The Morgan fingerprint density at radius 2 is 1.86 bits per heavy atom. The number of benzene rings is 3. The van der Waals surface area contributed by atoms with Crippen LogP contribution >= 0.6 is 23.2 Å². The largest absolute Gasteiger partial charge is 0.475 e. The molecule has 0 radical (unpaired) electrons. The number of anilines is 1. The number of carbonyl (C=O) groups excluding carboxylic acids is 1. The van der Waals surface area contributed by atoms with Crippen LogP contribution in [0, 0.1) is 0 Å². The SMILES string of the molecule is C=C(NCC[C@H](Nc1ncnc2cc(C(=O)N3CC=CC3)c(Cl)cc12)c1nc2ccc(Cl)cc2[nH]1)OCc1ccccc1. The van der Waals surface area contributed by atoms with E-state index in [1.807, 2.05) is 60.7 Å². The fourth-order valence-corrected chi connectivity index (χ4v) is 5.35. The third kappa shape index (κ3) is 6.58. The second-order valence-corrected chi connectivity index (χ2v) is 11.0. The predicted molar refractivity (Wildman–Crippen MR) is 170 cm³/mol. The second-order valence-electron chi connectivity index (χ2n) is 10.1. The molecule has 0 saturated heterocycles. The normalized spacial score (nSPS) is 13.4. The lowest BCUT2D eigenvalue weighted by Crippen LogP contribution is -2.28. The van der Waals surface area contributed by atoms with E-state index in [-0.39, 0.29) is 11.9 Å². The zero-order chi connectivity index (χ0) is 29.8. The number of rotatable bonds is 11. The van der Waals surface area contributed by atoms with Gasteiger partial charge < -0.3 is 25.3 Å². The summed E-state index contributed by atoms with van der Waals surface area (Å²) in [6.45, 7) is 6.09. The van der Waals surface area contributed by atoms with Crippen molar-refractivity contribution in [1.29, 1.82) is 0 Å². The number of aromatic nitrogens is 4. The van der Waals surface area contributed by atoms with Crippen LogP contribution in [0.4, 0.5) is 5.82 Å². The molecule has 3 heterocycles. The Kier molecular flexibility index (Phi) is 8.44. The monoisotopic (exact) mass is 613 g/mol. The van der Waals surface area contributed by atoms with E-state index in [2.05, 4.69) is 32.2 Å². The molecule has 11 heteroatoms. The number of nitrogens with zero attached hydrogens (tertiary/aromatic N) is 4. The number of hydrogen-bond acceptors (Lipinski definition) is 7. The highest BCUT2D eigenvalue weighted by molar-refractivity contribution is 6.35. The molecule has 3 N–H and O–H groups in total. The molecular formula is C32H29Cl2N7O2. The van der Waals surface area contributed by atoms with Gasteiger partial charge in [0.1, 0.15) is 24.6 Å². The highest BCUT2D eigenvalue weighted by Crippen LogP contribution is 2.31. The first-order valence-corrected chi connectivity index (χ1v) is 14.6. The van der Waals surface area contributed by atoms with Crippen molar-refractivity contribution in [1.82, 2.24) is 30.2 Å². The number of fused-ring (bicyclic) bond motifs is 2. The summed E-state index contributed by atoms with van der Waals surface area (Å²) in [4.78, 5) is 32.0. The zero-order valence-corrected chi connectivity index (χ0v) is 24.7. The lowest BCUT2D eigenvalue weighted by molar-refractivity contribution is 0.0800. The van der Waals surface area contributed by atoms with Gasteiger partial charge in [-0.2, -0.15) is 0 Å². The van der Waals surface area contributed by atoms with Crippen molar-refractivity contribution in [2.45, 2.75) is 19.1 Å². The standard InChI is InChI=1S/C32H29Cl2N7O2/c1-20(43-18-21-7-3-2-4-8-21)35-12-11-27(31-38-26-10-9-22(33)15-29(26)40-31)39-30-24-16-25(34)23(17-28(24)36-19-37-30)32(42)41-13-5-6-14-41/h2-10,15-17,19,27,35H,1,11-14,18H2,(H,38,40)(H,36,37,39)/t27-/m0/s1. The first-order valence-electron chi connectivity index (χ1n) is 13.8. The van der Waals surface area contributed by atoms with Gasteiger partial charge in [0.05, 0.1) is 33.2 Å². The van der Waals surface area contributed by atoms with Crippen molar-refractivity contribution in [2.24, 2.45) is 0 Å². The van der Waals surface area contributed by atoms with E-state index in [4.69, 9.17) is 32.9 Å². The van der Waals surface area contributed by atoms with Crippen LogP contribution in [0.2, 0.25) is 10.0 Å². The molecule has 1 aliphatic heterocycles. The predicted octanol–water partition coefficient (Wildman–Crippen LogP) is 6.65. The summed E-state index contributed by atoms with van der Waals surface area (Å²) in [7, 11) is 0. The molecule has 1 amide bonds. The van der Waals surface area contributed by atoms with E-state index < -0.39 is 0 Å². The van der Waals surface area contributed by atoms with Crippen LogP contribution in [-0.4, -0.2) is 50.4 Å². The third-order valence-electron chi connectivity index (χ3n) is 7.17. The summed E-state index contributed by atoms with van der Waals surface area (Å²) in [6, 6.07) is 18.6. The van der Waals surface area contributed by atoms with Gasteiger partial charge in [0.25, 0.3) is 5.91 Å². The van der Waals surface area contributed by atoms with Crippen LogP contribution < -0.4 is 10.6 Å². The smallest absolute Gasteiger partial charge is 0.256 e. The Morgan fingerprint density at radius 3 is 2.67 bits per heavy atom. The van der Waals surface area contributed by atoms with Crippen LogP contribution in [0.1, 0.15) is 34.2 Å². The number of hydrogen-bond donors (Lipinski definition) is 3. The third-order valence-corrected chi connectivity index (χ3v) is 7.72. The first-order chi connectivity index (χ1) is 20.9. The van der Waals surface area contributed by atoms with Crippen LogP contribution in [0.3, 0.4) is 0 Å². The van der Waals surface area contributed by atoms with Gasteiger partial charge in [-0.15, -0.1) is 0 Å². The second kappa shape index (κ2) is 12.7. The van der Waals surface area contributed by atoms with Crippen LogP contribution in [-0.2, 0) is 11.3 Å². The molecule has 1 atom stereocenters. The molecule has 218 valence electrons. The Balaban J connectivity index is 1.23. The Labute approximate surface area is 258 Å². The molecule has 6 rings (SSSR count). The Bertz CT molecular complexity index is 1820. The van der Waals surface area contributed by atoms with Crippen molar-refractivity contribution < 1.29 is 9.53 Å². The summed E-state index contributed by atoms with van der Waals surface area (Å²) in [6.07, 6.45) is 5.99. The number of H-pyrrole nitrogens is 1. The highest BCUT2D eigenvalue weighted by Gasteiger charge is 2.22. The van der Waals surface area contributed by atoms with E-state index >= 15 is 0 Å². The van der Waals surface area contributed by atoms with Crippen LogP contribution in [0.5, 0.6) is 0 Å². The molecule has 2 aromatic heterocycles. The van der Waals surface area contributed by atoms with E-state index in [1.54, 1.807) is 17.0 Å². The topological polar surface area (TPSA) is 108 Å². The zero-order valence-electron chi connectivity index (χ0n) is 23.2. The maximum Gasteiger partial charge on any atom is 0.256 e. The average Bonchev–Trinajstić information content (AvgIpc) is 3.70. The first kappa shape index (κ1) is 28.5. The fourth-order valence-electron chi connectivity index (χ4n) is 4.93. The summed E-state index contributed by atoms with van der Waals surface area (Å²) < 4.78 is 5.80. The number of carbonyl (C=O) groups is 1. The fraction of sp³-hybridized carbons (Fsp3) is 0.188. The minimum atomic E-state index is -0.297. The Morgan fingerprint density at radius 1 is 1.05 bits per heavy atom. The maximum atomic E-state index is 13.1. The van der Waals surface area contributed by atoms with Gasteiger partial charge >= 0.3 is 0 Å². The van der Waals surface area contributed by atoms with Crippen molar-refractivity contribution >= 4 is 56.9 Å². The molecule has 0 aliphatic carbocycles. The highest BCUT2D eigenvalue weighted by atomic mass is 35.5. The number of amides is 1. The van der Waals surface area contributed by atoms with Gasteiger partial charge in [-0.3, -0.25) is 4.79 Å². The summed E-state index contributed by atoms with van der Waals surface area (Å²) in [5, 5.41) is 8.43. The van der Waals surface area contributed by atoms with E-state index in [0.717, 1.165) is 16.6 Å². The average molecular weight is 615 g/mol.